The first-order valence-corrected chi connectivity index (χ1v) is 6.42. The van der Waals surface area contributed by atoms with Crippen LogP contribution in [0.1, 0.15) is 0 Å². The van der Waals surface area contributed by atoms with Crippen LogP contribution < -0.4 is 16.6 Å². The standard InChI is InChI=1S/C15H13N3O3/c19-14(17-16-11-6-2-1-3-7-11)10-18-12-8-4-5-9-13(12)21-15(18)20/h1-9,16H,10H2,(H,17,19). The minimum Gasteiger partial charge on any atom is -0.408 e. The van der Waals surface area contributed by atoms with Crippen LogP contribution in [0.3, 0.4) is 0 Å². The molecule has 2 N–H and O–H groups in total. The number of aromatic nitrogens is 1. The van der Waals surface area contributed by atoms with E-state index in [2.05, 4.69) is 10.9 Å². The van der Waals surface area contributed by atoms with E-state index in [0.717, 1.165) is 5.69 Å². The van der Waals surface area contributed by atoms with E-state index in [-0.39, 0.29) is 12.5 Å². The van der Waals surface area contributed by atoms with Gasteiger partial charge in [-0.1, -0.05) is 30.3 Å². The molecular weight excluding hydrogens is 270 g/mol. The number of nitrogens with one attached hydrogen (secondary N) is 2. The third kappa shape index (κ3) is 2.79. The first-order valence-electron chi connectivity index (χ1n) is 6.42. The molecule has 1 heterocycles. The molecule has 106 valence electrons. The summed E-state index contributed by atoms with van der Waals surface area (Å²) in [6, 6.07) is 16.2. The van der Waals surface area contributed by atoms with Crippen molar-refractivity contribution in [2.45, 2.75) is 6.54 Å². The highest BCUT2D eigenvalue weighted by Crippen LogP contribution is 2.11. The lowest BCUT2D eigenvalue weighted by atomic mass is 10.3. The van der Waals surface area contributed by atoms with Gasteiger partial charge < -0.3 is 4.42 Å². The summed E-state index contributed by atoms with van der Waals surface area (Å²) in [4.78, 5) is 23.6. The molecule has 0 atom stereocenters. The maximum atomic E-state index is 11.9. The number of hydrazine groups is 1. The monoisotopic (exact) mass is 283 g/mol. The van der Waals surface area contributed by atoms with Crippen molar-refractivity contribution in [3.63, 3.8) is 0 Å². The third-order valence-electron chi connectivity index (χ3n) is 3.00. The molecule has 0 fully saturated rings. The molecule has 6 nitrogen and oxygen atoms in total. The molecular formula is C15H13N3O3. The fraction of sp³-hybridized carbons (Fsp3) is 0.0667. The second-order valence-corrected chi connectivity index (χ2v) is 4.46. The van der Waals surface area contributed by atoms with Crippen molar-refractivity contribution in [1.29, 1.82) is 0 Å². The van der Waals surface area contributed by atoms with Gasteiger partial charge in [0.15, 0.2) is 5.58 Å². The quantitative estimate of drug-likeness (QED) is 0.715. The Balaban J connectivity index is 1.72. The Morgan fingerprint density at radius 3 is 2.57 bits per heavy atom. The summed E-state index contributed by atoms with van der Waals surface area (Å²) >= 11 is 0. The van der Waals surface area contributed by atoms with Gasteiger partial charge in [-0.2, -0.15) is 0 Å². The largest absolute Gasteiger partial charge is 0.420 e. The van der Waals surface area contributed by atoms with E-state index in [4.69, 9.17) is 4.42 Å². The summed E-state index contributed by atoms with van der Waals surface area (Å²) in [6.07, 6.45) is 0. The number of para-hydroxylation sites is 3. The van der Waals surface area contributed by atoms with E-state index >= 15 is 0 Å². The number of fused-ring (bicyclic) bond motifs is 1. The van der Waals surface area contributed by atoms with Crippen LogP contribution in [0.25, 0.3) is 11.1 Å². The fourth-order valence-corrected chi connectivity index (χ4v) is 2.01. The topological polar surface area (TPSA) is 76.3 Å². The zero-order valence-electron chi connectivity index (χ0n) is 11.1. The molecule has 0 unspecified atom stereocenters. The molecule has 0 radical (unpaired) electrons. The predicted octanol–water partition coefficient (Wildman–Crippen LogP) is 1.74. The van der Waals surface area contributed by atoms with Crippen molar-refractivity contribution >= 4 is 22.7 Å². The van der Waals surface area contributed by atoms with E-state index in [9.17, 15) is 9.59 Å². The first kappa shape index (κ1) is 13.0. The highest BCUT2D eigenvalue weighted by molar-refractivity contribution is 5.80. The maximum Gasteiger partial charge on any atom is 0.420 e. The number of hydrogen-bond donors (Lipinski definition) is 2. The molecule has 0 spiro atoms. The van der Waals surface area contributed by atoms with E-state index in [1.54, 1.807) is 24.3 Å². The van der Waals surface area contributed by atoms with E-state index < -0.39 is 5.76 Å². The molecule has 2 aromatic carbocycles. The van der Waals surface area contributed by atoms with Crippen molar-refractivity contribution in [2.75, 3.05) is 5.43 Å². The van der Waals surface area contributed by atoms with Crippen LogP contribution in [0.2, 0.25) is 0 Å². The summed E-state index contributed by atoms with van der Waals surface area (Å²) in [5.74, 6) is -0.890. The average molecular weight is 283 g/mol. The fourth-order valence-electron chi connectivity index (χ4n) is 2.01. The van der Waals surface area contributed by atoms with Gasteiger partial charge in [-0.3, -0.25) is 20.2 Å². The summed E-state index contributed by atoms with van der Waals surface area (Å²) in [7, 11) is 0. The van der Waals surface area contributed by atoms with Crippen LogP contribution in [-0.2, 0) is 11.3 Å². The van der Waals surface area contributed by atoms with Crippen molar-refractivity contribution in [2.24, 2.45) is 0 Å². The van der Waals surface area contributed by atoms with Crippen LogP contribution >= 0.6 is 0 Å². The minimum atomic E-state index is -0.550. The zero-order valence-corrected chi connectivity index (χ0v) is 11.1. The van der Waals surface area contributed by atoms with E-state index in [1.807, 2.05) is 30.3 Å². The lowest BCUT2D eigenvalue weighted by molar-refractivity contribution is -0.121. The highest BCUT2D eigenvalue weighted by Gasteiger charge is 2.11. The predicted molar refractivity (Wildman–Crippen MR) is 78.7 cm³/mol. The first-order chi connectivity index (χ1) is 10.2. The lowest BCUT2D eigenvalue weighted by Gasteiger charge is -2.08. The SMILES string of the molecule is O=C(Cn1c(=O)oc2ccccc21)NNc1ccccc1. The number of amides is 1. The Morgan fingerprint density at radius 1 is 1.05 bits per heavy atom. The molecule has 0 aliphatic rings. The van der Waals surface area contributed by atoms with Gasteiger partial charge in [0.2, 0.25) is 0 Å². The van der Waals surface area contributed by atoms with Crippen LogP contribution in [-0.4, -0.2) is 10.5 Å². The van der Waals surface area contributed by atoms with E-state index in [1.165, 1.54) is 4.57 Å². The van der Waals surface area contributed by atoms with Gasteiger partial charge in [-0.05, 0) is 24.3 Å². The Hall–Kier alpha value is -3.02. The molecule has 0 saturated carbocycles. The Labute approximate surface area is 120 Å². The molecule has 21 heavy (non-hydrogen) atoms. The van der Waals surface area contributed by atoms with Gasteiger partial charge in [0.1, 0.15) is 6.54 Å². The number of nitrogens with zero attached hydrogens (tertiary/aromatic N) is 1. The Morgan fingerprint density at radius 2 is 1.76 bits per heavy atom. The van der Waals surface area contributed by atoms with Crippen LogP contribution in [0.5, 0.6) is 0 Å². The van der Waals surface area contributed by atoms with Gasteiger partial charge in [-0.15, -0.1) is 0 Å². The van der Waals surface area contributed by atoms with Crippen LogP contribution in [0, 0.1) is 0 Å². The van der Waals surface area contributed by atoms with Crippen molar-refractivity contribution in [1.82, 2.24) is 9.99 Å². The average Bonchev–Trinajstić information content (AvgIpc) is 2.82. The number of anilines is 1. The normalized spacial score (nSPS) is 10.5. The molecule has 0 bridgehead atoms. The summed E-state index contributed by atoms with van der Waals surface area (Å²) in [5.41, 5.74) is 7.14. The van der Waals surface area contributed by atoms with Gasteiger partial charge >= 0.3 is 5.76 Å². The summed E-state index contributed by atoms with van der Waals surface area (Å²) < 4.78 is 6.36. The zero-order chi connectivity index (χ0) is 14.7. The third-order valence-corrected chi connectivity index (χ3v) is 3.00. The minimum absolute atomic E-state index is 0.115. The smallest absolute Gasteiger partial charge is 0.408 e. The number of oxazole rings is 1. The van der Waals surface area contributed by atoms with E-state index in [0.29, 0.717) is 11.1 Å². The number of carbonyl (C=O) groups excluding carboxylic acids is 1. The molecule has 6 heteroatoms. The molecule has 0 saturated heterocycles. The number of benzene rings is 2. The second-order valence-electron chi connectivity index (χ2n) is 4.46. The number of rotatable bonds is 4. The summed E-state index contributed by atoms with van der Waals surface area (Å²) in [5, 5.41) is 0. The molecule has 0 aliphatic carbocycles. The van der Waals surface area contributed by atoms with Crippen molar-refractivity contribution in [3.05, 3.63) is 65.1 Å². The second kappa shape index (κ2) is 5.54. The summed E-state index contributed by atoms with van der Waals surface area (Å²) in [6.45, 7) is -0.115. The molecule has 1 amide bonds. The van der Waals surface area contributed by atoms with Crippen LogP contribution in [0.15, 0.2) is 63.8 Å². The molecule has 3 aromatic rings. The number of hydrogen-bond acceptors (Lipinski definition) is 4. The number of carbonyl (C=O) groups is 1. The Kier molecular flexibility index (Phi) is 3.42. The maximum absolute atomic E-state index is 11.9. The van der Waals surface area contributed by atoms with Gasteiger partial charge in [-0.25, -0.2) is 4.79 Å². The lowest BCUT2D eigenvalue weighted by Crippen LogP contribution is -2.34. The van der Waals surface area contributed by atoms with Gasteiger partial charge in [0, 0.05) is 0 Å². The Bertz CT molecular complexity index is 821. The molecule has 0 aliphatic heterocycles. The van der Waals surface area contributed by atoms with Gasteiger partial charge in [0.25, 0.3) is 5.91 Å². The van der Waals surface area contributed by atoms with Crippen molar-refractivity contribution in [3.8, 4) is 0 Å². The van der Waals surface area contributed by atoms with Crippen LogP contribution in [0.4, 0.5) is 5.69 Å². The highest BCUT2D eigenvalue weighted by atomic mass is 16.4. The van der Waals surface area contributed by atoms with Crippen molar-refractivity contribution < 1.29 is 9.21 Å². The molecule has 1 aromatic heterocycles. The van der Waals surface area contributed by atoms with Gasteiger partial charge in [0.05, 0.1) is 11.2 Å². The molecule has 3 rings (SSSR count).